The second-order valence-electron chi connectivity index (χ2n) is 9.06. The van der Waals surface area contributed by atoms with Gasteiger partial charge in [0.25, 0.3) is 0 Å². The number of aromatic nitrogens is 2. The molecule has 7 rings (SSSR count). The number of rotatable bonds is 2. The summed E-state index contributed by atoms with van der Waals surface area (Å²) < 4.78 is 4.67. The molecule has 0 amide bonds. The molecule has 2 aromatic heterocycles. The van der Waals surface area contributed by atoms with Crippen molar-refractivity contribution in [3.63, 3.8) is 0 Å². The summed E-state index contributed by atoms with van der Waals surface area (Å²) in [5.74, 6) is 0. The summed E-state index contributed by atoms with van der Waals surface area (Å²) in [6.07, 6.45) is 0. The maximum absolute atomic E-state index is 7.50. The molecule has 0 atom stereocenters. The first-order chi connectivity index (χ1) is 17.2. The quantitative estimate of drug-likeness (QED) is 0.235. The third-order valence-corrected chi connectivity index (χ3v) is 6.96. The molecule has 0 radical (unpaired) electrons. The van der Waals surface area contributed by atoms with Gasteiger partial charge in [-0.05, 0) is 66.9 Å². The highest BCUT2D eigenvalue weighted by Crippen LogP contribution is 2.36. The Hall–Kier alpha value is -4.81. The molecule has 0 spiro atoms. The number of fused-ring (bicyclic) bond motifs is 6. The molecule has 0 aliphatic heterocycles. The molecule has 164 valence electrons. The Bertz CT molecular complexity index is 1930. The van der Waals surface area contributed by atoms with Gasteiger partial charge in [-0.1, -0.05) is 60.2 Å². The zero-order valence-corrected chi connectivity index (χ0v) is 19.2. The highest BCUT2D eigenvalue weighted by Gasteiger charge is 2.15. The Labute approximate surface area is 202 Å². The zero-order valence-electron chi connectivity index (χ0n) is 19.2. The van der Waals surface area contributed by atoms with Gasteiger partial charge in [-0.2, -0.15) is 0 Å². The van der Waals surface area contributed by atoms with Crippen molar-refractivity contribution in [2.75, 3.05) is 0 Å². The first-order valence-corrected chi connectivity index (χ1v) is 11.7. The Morgan fingerprint density at radius 3 is 1.69 bits per heavy atom. The number of para-hydroxylation sites is 2. The van der Waals surface area contributed by atoms with Gasteiger partial charge >= 0.3 is 0 Å². The smallest absolute Gasteiger partial charge is 0.188 e. The number of hydrogen-bond acceptors (Lipinski definition) is 0. The monoisotopic (exact) mass is 447 g/mol. The van der Waals surface area contributed by atoms with Crippen LogP contribution in [0.25, 0.3) is 59.8 Å². The molecule has 0 bridgehead atoms. The van der Waals surface area contributed by atoms with Crippen LogP contribution in [-0.4, -0.2) is 9.13 Å². The largest absolute Gasteiger partial charge is 0.309 e. The lowest BCUT2D eigenvalue weighted by Gasteiger charge is -2.13. The highest BCUT2D eigenvalue weighted by atomic mass is 15.0. The van der Waals surface area contributed by atoms with Gasteiger partial charge in [0.15, 0.2) is 5.69 Å². The topological polar surface area (TPSA) is 14.2 Å². The van der Waals surface area contributed by atoms with Crippen LogP contribution in [0, 0.1) is 13.5 Å². The molecule has 0 saturated carbocycles. The molecule has 0 unspecified atom stereocenters. The van der Waals surface area contributed by atoms with Crippen LogP contribution in [0.4, 0.5) is 5.69 Å². The fraction of sp³-hybridized carbons (Fsp3) is 0.0312. The summed E-state index contributed by atoms with van der Waals surface area (Å²) in [6, 6.07) is 38.5. The third-order valence-electron chi connectivity index (χ3n) is 6.96. The Balaban J connectivity index is 1.54. The van der Waals surface area contributed by atoms with Crippen LogP contribution in [-0.2, 0) is 0 Å². The van der Waals surface area contributed by atoms with E-state index in [2.05, 4.69) is 118 Å². The predicted molar refractivity (Wildman–Crippen MR) is 146 cm³/mol. The van der Waals surface area contributed by atoms with Gasteiger partial charge in [0.05, 0.1) is 28.6 Å². The van der Waals surface area contributed by atoms with Gasteiger partial charge in [0, 0.05) is 27.5 Å². The molecule has 2 heterocycles. The molecule has 3 heteroatoms. The lowest BCUT2D eigenvalue weighted by Crippen LogP contribution is -1.98. The molecule has 0 N–H and O–H groups in total. The van der Waals surface area contributed by atoms with Crippen LogP contribution in [0.1, 0.15) is 5.56 Å². The van der Waals surface area contributed by atoms with Crippen molar-refractivity contribution < 1.29 is 0 Å². The molecule has 0 fully saturated rings. The first kappa shape index (κ1) is 19.6. The summed E-state index contributed by atoms with van der Waals surface area (Å²) >= 11 is 0. The van der Waals surface area contributed by atoms with Crippen molar-refractivity contribution in [3.8, 4) is 11.4 Å². The fourth-order valence-electron chi connectivity index (χ4n) is 5.44. The Kier molecular flexibility index (Phi) is 4.12. The zero-order chi connectivity index (χ0) is 23.5. The van der Waals surface area contributed by atoms with Crippen molar-refractivity contribution in [2.24, 2.45) is 0 Å². The second-order valence-corrected chi connectivity index (χ2v) is 9.06. The van der Waals surface area contributed by atoms with Gasteiger partial charge in [0.1, 0.15) is 0 Å². The van der Waals surface area contributed by atoms with Crippen molar-refractivity contribution in [1.82, 2.24) is 9.13 Å². The van der Waals surface area contributed by atoms with Gasteiger partial charge in [-0.15, -0.1) is 0 Å². The molecule has 7 aromatic rings. The van der Waals surface area contributed by atoms with Crippen LogP contribution in [0.3, 0.4) is 0 Å². The molecule has 35 heavy (non-hydrogen) atoms. The highest BCUT2D eigenvalue weighted by molar-refractivity contribution is 6.11. The van der Waals surface area contributed by atoms with E-state index in [1.54, 1.807) is 0 Å². The summed E-state index contributed by atoms with van der Waals surface area (Å²) in [5, 5.41) is 4.80. The SMILES string of the molecule is [C-]#[N+]c1ccc2c(c1)c1cc(C)ccc1n2-c1cccc(-n2c3ccccc3c3ccccc32)c1. The van der Waals surface area contributed by atoms with E-state index in [0.717, 1.165) is 27.8 Å². The van der Waals surface area contributed by atoms with Gasteiger partial charge < -0.3 is 9.13 Å². The lowest BCUT2D eigenvalue weighted by molar-refractivity contribution is 1.13. The van der Waals surface area contributed by atoms with E-state index in [4.69, 9.17) is 6.57 Å². The van der Waals surface area contributed by atoms with Crippen LogP contribution in [0.5, 0.6) is 0 Å². The fourth-order valence-corrected chi connectivity index (χ4v) is 5.44. The standard InChI is InChI=1S/C32H21N3/c1-21-14-16-31-27(18-21)28-19-22(33-2)15-17-32(28)35(31)24-9-7-8-23(20-24)34-29-12-5-3-10-25(29)26-11-4-6-13-30(26)34/h3-20H,1H3. The predicted octanol–water partition coefficient (Wildman–Crippen LogP) is 8.74. The summed E-state index contributed by atoms with van der Waals surface area (Å²) in [5.41, 5.74) is 8.75. The number of nitrogens with zero attached hydrogens (tertiary/aromatic N) is 3. The van der Waals surface area contributed by atoms with Crippen LogP contribution < -0.4 is 0 Å². The van der Waals surface area contributed by atoms with Crippen LogP contribution >= 0.6 is 0 Å². The van der Waals surface area contributed by atoms with E-state index in [9.17, 15) is 0 Å². The van der Waals surface area contributed by atoms with Gasteiger partial charge in [0.2, 0.25) is 0 Å². The Morgan fingerprint density at radius 1 is 0.514 bits per heavy atom. The summed E-state index contributed by atoms with van der Waals surface area (Å²) in [6.45, 7) is 9.61. The summed E-state index contributed by atoms with van der Waals surface area (Å²) in [4.78, 5) is 3.68. The van der Waals surface area contributed by atoms with Crippen LogP contribution in [0.2, 0.25) is 0 Å². The first-order valence-electron chi connectivity index (χ1n) is 11.7. The van der Waals surface area contributed by atoms with Crippen molar-refractivity contribution in [1.29, 1.82) is 0 Å². The van der Waals surface area contributed by atoms with E-state index in [1.807, 2.05) is 12.1 Å². The van der Waals surface area contributed by atoms with Crippen molar-refractivity contribution >= 4 is 49.3 Å². The number of hydrogen-bond donors (Lipinski definition) is 0. The number of aryl methyl sites for hydroxylation is 1. The Morgan fingerprint density at radius 2 is 1.06 bits per heavy atom. The van der Waals surface area contributed by atoms with E-state index in [0.29, 0.717) is 5.69 Å². The molecular weight excluding hydrogens is 426 g/mol. The lowest BCUT2D eigenvalue weighted by atomic mass is 10.1. The van der Waals surface area contributed by atoms with E-state index < -0.39 is 0 Å². The maximum atomic E-state index is 7.50. The number of benzene rings is 5. The maximum Gasteiger partial charge on any atom is 0.188 e. The average molecular weight is 448 g/mol. The third kappa shape index (κ3) is 2.84. The van der Waals surface area contributed by atoms with E-state index >= 15 is 0 Å². The van der Waals surface area contributed by atoms with E-state index in [-0.39, 0.29) is 0 Å². The molecule has 0 aliphatic carbocycles. The average Bonchev–Trinajstić information content (AvgIpc) is 3.41. The minimum atomic E-state index is 0.664. The van der Waals surface area contributed by atoms with Gasteiger partial charge in [-0.25, -0.2) is 4.85 Å². The molecule has 5 aromatic carbocycles. The second kappa shape index (κ2) is 7.35. The summed E-state index contributed by atoms with van der Waals surface area (Å²) in [7, 11) is 0. The van der Waals surface area contributed by atoms with Crippen LogP contribution in [0.15, 0.2) is 109 Å². The molecule has 3 nitrogen and oxygen atoms in total. The van der Waals surface area contributed by atoms with Crippen molar-refractivity contribution in [2.45, 2.75) is 6.92 Å². The normalized spacial score (nSPS) is 11.5. The molecular formula is C32H21N3. The molecule has 0 aliphatic rings. The van der Waals surface area contributed by atoms with Crippen molar-refractivity contribution in [3.05, 3.63) is 126 Å². The van der Waals surface area contributed by atoms with Gasteiger partial charge in [-0.3, -0.25) is 0 Å². The minimum absolute atomic E-state index is 0.664. The molecule has 0 saturated heterocycles. The van der Waals surface area contributed by atoms with E-state index in [1.165, 1.54) is 32.8 Å². The minimum Gasteiger partial charge on any atom is -0.309 e.